The summed E-state index contributed by atoms with van der Waals surface area (Å²) in [6, 6.07) is 7.35. The second-order valence-electron chi connectivity index (χ2n) is 6.50. The van der Waals surface area contributed by atoms with Gasteiger partial charge in [-0.1, -0.05) is 25.5 Å². The van der Waals surface area contributed by atoms with Gasteiger partial charge in [-0.2, -0.15) is 18.3 Å². The lowest BCUT2D eigenvalue weighted by molar-refractivity contribution is -0.142. The molecule has 0 bridgehead atoms. The van der Waals surface area contributed by atoms with E-state index in [1.807, 2.05) is 12.1 Å². The van der Waals surface area contributed by atoms with Gasteiger partial charge in [0.05, 0.1) is 19.8 Å². The highest BCUT2D eigenvalue weighted by Crippen LogP contribution is 2.34. The van der Waals surface area contributed by atoms with Gasteiger partial charge >= 0.3 is 6.18 Å². The Labute approximate surface area is 155 Å². The van der Waals surface area contributed by atoms with Gasteiger partial charge in [0.15, 0.2) is 5.69 Å². The number of aromatic nitrogens is 2. The van der Waals surface area contributed by atoms with Crippen LogP contribution in [0.4, 0.5) is 13.2 Å². The summed E-state index contributed by atoms with van der Waals surface area (Å²) in [5.41, 5.74) is 1.44. The summed E-state index contributed by atoms with van der Waals surface area (Å²) in [4.78, 5) is 12.2. The number of hydrogen-bond donors (Lipinski definition) is 1. The van der Waals surface area contributed by atoms with Crippen LogP contribution in [0.15, 0.2) is 24.3 Å². The highest BCUT2D eigenvalue weighted by atomic mass is 19.4. The van der Waals surface area contributed by atoms with Gasteiger partial charge in [-0.05, 0) is 24.1 Å². The van der Waals surface area contributed by atoms with Crippen molar-refractivity contribution in [1.29, 1.82) is 0 Å². The van der Waals surface area contributed by atoms with E-state index in [0.717, 1.165) is 12.8 Å². The lowest BCUT2D eigenvalue weighted by Crippen LogP contribution is -2.28. The van der Waals surface area contributed by atoms with Crippen LogP contribution in [0.3, 0.4) is 0 Å². The van der Waals surface area contributed by atoms with E-state index in [4.69, 9.17) is 4.74 Å². The Bertz CT molecular complexity index is 798. The zero-order valence-electron chi connectivity index (χ0n) is 15.1. The van der Waals surface area contributed by atoms with E-state index in [2.05, 4.69) is 17.3 Å². The van der Waals surface area contributed by atoms with Crippen molar-refractivity contribution in [2.75, 3.05) is 13.2 Å². The summed E-state index contributed by atoms with van der Waals surface area (Å²) in [7, 11) is 0. The first kappa shape index (κ1) is 19.4. The SMILES string of the molecule is CCCc1ccc(C(=O)NCCn2nc(C(F)(F)F)c3c2CCOC3)cc1. The number of ether oxygens (including phenoxy) is 1. The summed E-state index contributed by atoms with van der Waals surface area (Å²) in [5, 5.41) is 6.47. The zero-order chi connectivity index (χ0) is 19.4. The fourth-order valence-electron chi connectivity index (χ4n) is 3.21. The third-order valence-corrected chi connectivity index (χ3v) is 4.53. The number of hydrogen-bond acceptors (Lipinski definition) is 3. The first-order chi connectivity index (χ1) is 12.9. The van der Waals surface area contributed by atoms with Gasteiger partial charge in [0.1, 0.15) is 0 Å². The quantitative estimate of drug-likeness (QED) is 0.835. The van der Waals surface area contributed by atoms with Gasteiger partial charge in [-0.3, -0.25) is 9.48 Å². The van der Waals surface area contributed by atoms with Gasteiger partial charge in [0.25, 0.3) is 5.91 Å². The second kappa shape index (κ2) is 8.12. The molecule has 0 saturated carbocycles. The third kappa shape index (κ3) is 4.50. The zero-order valence-corrected chi connectivity index (χ0v) is 15.1. The number of amides is 1. The molecule has 1 aliphatic rings. The van der Waals surface area contributed by atoms with Crippen molar-refractivity contribution in [1.82, 2.24) is 15.1 Å². The van der Waals surface area contributed by atoms with Gasteiger partial charge in [0, 0.05) is 29.8 Å². The monoisotopic (exact) mass is 381 g/mol. The Morgan fingerprint density at radius 2 is 2.04 bits per heavy atom. The Morgan fingerprint density at radius 1 is 1.30 bits per heavy atom. The molecule has 1 amide bonds. The molecule has 146 valence electrons. The molecule has 0 radical (unpaired) electrons. The molecule has 3 rings (SSSR count). The molecule has 8 heteroatoms. The molecule has 1 aliphatic heterocycles. The Kier molecular flexibility index (Phi) is 5.84. The summed E-state index contributed by atoms with van der Waals surface area (Å²) >= 11 is 0. The minimum absolute atomic E-state index is 0.0827. The fourth-order valence-corrected chi connectivity index (χ4v) is 3.21. The van der Waals surface area contributed by atoms with Crippen LogP contribution in [0.1, 0.15) is 46.2 Å². The first-order valence-electron chi connectivity index (χ1n) is 9.00. The Balaban J connectivity index is 1.63. The molecule has 1 aromatic carbocycles. The smallest absolute Gasteiger partial charge is 0.376 e. The van der Waals surface area contributed by atoms with Crippen molar-refractivity contribution in [2.24, 2.45) is 0 Å². The largest absolute Gasteiger partial charge is 0.435 e. The van der Waals surface area contributed by atoms with Crippen molar-refractivity contribution in [3.05, 3.63) is 52.3 Å². The van der Waals surface area contributed by atoms with Crippen LogP contribution in [0.2, 0.25) is 0 Å². The predicted octanol–water partition coefficient (Wildman–Crippen LogP) is 3.36. The normalized spacial score (nSPS) is 14.1. The lowest BCUT2D eigenvalue weighted by atomic mass is 10.1. The molecule has 5 nitrogen and oxygen atoms in total. The number of nitrogens with one attached hydrogen (secondary N) is 1. The number of rotatable bonds is 6. The summed E-state index contributed by atoms with van der Waals surface area (Å²) in [5.74, 6) is -0.251. The van der Waals surface area contributed by atoms with Gasteiger partial charge in [-0.15, -0.1) is 0 Å². The fraction of sp³-hybridized carbons (Fsp3) is 0.474. The second-order valence-corrected chi connectivity index (χ2v) is 6.50. The average Bonchev–Trinajstić information content (AvgIpc) is 3.02. The maximum atomic E-state index is 13.1. The molecular formula is C19H22F3N3O2. The van der Waals surface area contributed by atoms with Crippen LogP contribution in [0, 0.1) is 0 Å². The first-order valence-corrected chi connectivity index (χ1v) is 9.00. The van der Waals surface area contributed by atoms with E-state index in [1.54, 1.807) is 12.1 Å². The van der Waals surface area contributed by atoms with Crippen LogP contribution in [-0.4, -0.2) is 28.8 Å². The molecule has 27 heavy (non-hydrogen) atoms. The van der Waals surface area contributed by atoms with E-state index < -0.39 is 11.9 Å². The van der Waals surface area contributed by atoms with E-state index in [-0.39, 0.29) is 31.2 Å². The van der Waals surface area contributed by atoms with Crippen LogP contribution in [0.5, 0.6) is 0 Å². The average molecular weight is 381 g/mol. The maximum Gasteiger partial charge on any atom is 0.435 e. The molecule has 2 aromatic rings. The number of carbonyl (C=O) groups is 1. The molecular weight excluding hydrogens is 359 g/mol. The number of carbonyl (C=O) groups excluding carboxylic acids is 1. The van der Waals surface area contributed by atoms with E-state index in [9.17, 15) is 18.0 Å². The summed E-state index contributed by atoms with van der Waals surface area (Å²) in [6.07, 6.45) is -2.15. The number of alkyl halides is 3. The van der Waals surface area contributed by atoms with Crippen molar-refractivity contribution in [3.63, 3.8) is 0 Å². The van der Waals surface area contributed by atoms with Crippen molar-refractivity contribution in [2.45, 2.75) is 45.5 Å². The number of nitrogens with zero attached hydrogens (tertiary/aromatic N) is 2. The highest BCUT2D eigenvalue weighted by molar-refractivity contribution is 5.94. The third-order valence-electron chi connectivity index (χ3n) is 4.53. The molecule has 0 unspecified atom stereocenters. The van der Waals surface area contributed by atoms with Crippen LogP contribution in [-0.2, 0) is 36.9 Å². The minimum atomic E-state index is -4.51. The molecule has 0 fully saturated rings. The molecule has 2 heterocycles. The number of benzene rings is 1. The molecule has 0 spiro atoms. The summed E-state index contributed by atoms with van der Waals surface area (Å²) in [6.45, 7) is 2.75. The molecule has 1 N–H and O–H groups in total. The van der Waals surface area contributed by atoms with Crippen molar-refractivity contribution < 1.29 is 22.7 Å². The van der Waals surface area contributed by atoms with E-state index >= 15 is 0 Å². The molecule has 1 aromatic heterocycles. The van der Waals surface area contributed by atoms with Crippen LogP contribution >= 0.6 is 0 Å². The highest BCUT2D eigenvalue weighted by Gasteiger charge is 2.39. The topological polar surface area (TPSA) is 56.2 Å². The lowest BCUT2D eigenvalue weighted by Gasteiger charge is -2.15. The standard InChI is InChI=1S/C19H22F3N3O2/c1-2-3-13-4-6-14(7-5-13)18(26)23-9-10-25-16-8-11-27-12-15(16)17(24-25)19(20,21)22/h4-7H,2-3,8-12H2,1H3,(H,23,26). The van der Waals surface area contributed by atoms with E-state index in [0.29, 0.717) is 24.3 Å². The summed E-state index contributed by atoms with van der Waals surface area (Å²) < 4.78 is 45.9. The molecule has 0 atom stereocenters. The molecule has 0 saturated heterocycles. The van der Waals surface area contributed by atoms with Gasteiger partial charge < -0.3 is 10.1 Å². The minimum Gasteiger partial charge on any atom is -0.376 e. The van der Waals surface area contributed by atoms with Crippen molar-refractivity contribution in [3.8, 4) is 0 Å². The van der Waals surface area contributed by atoms with Crippen LogP contribution in [0.25, 0.3) is 0 Å². The maximum absolute atomic E-state index is 13.1. The number of aryl methyl sites for hydroxylation is 1. The number of halogens is 3. The van der Waals surface area contributed by atoms with Crippen LogP contribution < -0.4 is 5.32 Å². The Morgan fingerprint density at radius 3 is 2.70 bits per heavy atom. The molecule has 0 aliphatic carbocycles. The number of fused-ring (bicyclic) bond motifs is 1. The van der Waals surface area contributed by atoms with Gasteiger partial charge in [0.2, 0.25) is 0 Å². The predicted molar refractivity (Wildman–Crippen MR) is 93.4 cm³/mol. The van der Waals surface area contributed by atoms with E-state index in [1.165, 1.54) is 10.2 Å². The van der Waals surface area contributed by atoms with Crippen molar-refractivity contribution >= 4 is 5.91 Å². The van der Waals surface area contributed by atoms with Gasteiger partial charge in [-0.25, -0.2) is 0 Å². The Hall–Kier alpha value is -2.35.